The van der Waals surface area contributed by atoms with Crippen molar-refractivity contribution in [1.82, 2.24) is 5.32 Å². The fourth-order valence-electron chi connectivity index (χ4n) is 2.08. The molecule has 2 atom stereocenters. The molecule has 0 heterocycles. The fraction of sp³-hybridized carbons (Fsp3) is 0.533. The number of halogens is 1. The number of carbonyl (C=O) groups is 1. The predicted molar refractivity (Wildman–Crippen MR) is 82.8 cm³/mol. The van der Waals surface area contributed by atoms with Crippen molar-refractivity contribution < 1.29 is 4.79 Å². The van der Waals surface area contributed by atoms with Crippen molar-refractivity contribution in [2.75, 3.05) is 0 Å². The predicted octanol–water partition coefficient (Wildman–Crippen LogP) is 3.53. The van der Waals surface area contributed by atoms with Gasteiger partial charge >= 0.3 is 0 Å². The largest absolute Gasteiger partial charge is 0.349 e. The normalized spacial score (nSPS) is 13.9. The van der Waals surface area contributed by atoms with Crippen molar-refractivity contribution in [3.63, 3.8) is 0 Å². The third-order valence-electron chi connectivity index (χ3n) is 3.12. The molecular formula is C15H23BrN2O. The summed E-state index contributed by atoms with van der Waals surface area (Å²) in [5.41, 5.74) is 7.02. The second-order valence-corrected chi connectivity index (χ2v) is 5.75. The van der Waals surface area contributed by atoms with Gasteiger partial charge in [-0.25, -0.2) is 0 Å². The molecule has 0 fully saturated rings. The lowest BCUT2D eigenvalue weighted by Crippen LogP contribution is -2.33. The quantitative estimate of drug-likeness (QED) is 0.805. The van der Waals surface area contributed by atoms with Gasteiger partial charge in [0.05, 0.1) is 6.04 Å². The summed E-state index contributed by atoms with van der Waals surface area (Å²) in [7, 11) is 0. The molecule has 0 radical (unpaired) electrons. The molecular weight excluding hydrogens is 304 g/mol. The second kappa shape index (κ2) is 8.33. The molecule has 0 aliphatic carbocycles. The van der Waals surface area contributed by atoms with Gasteiger partial charge in [-0.2, -0.15) is 0 Å². The Morgan fingerprint density at radius 2 is 1.95 bits per heavy atom. The van der Waals surface area contributed by atoms with E-state index >= 15 is 0 Å². The summed E-state index contributed by atoms with van der Waals surface area (Å²) >= 11 is 3.41. The van der Waals surface area contributed by atoms with Crippen LogP contribution in [0.3, 0.4) is 0 Å². The first-order chi connectivity index (χ1) is 9.06. The number of benzene rings is 1. The van der Waals surface area contributed by atoms with Crippen LogP contribution >= 0.6 is 15.9 Å². The lowest BCUT2D eigenvalue weighted by atomic mass is 10.0. The van der Waals surface area contributed by atoms with E-state index in [0.717, 1.165) is 29.3 Å². The summed E-state index contributed by atoms with van der Waals surface area (Å²) in [6.45, 7) is 4.15. The molecule has 3 N–H and O–H groups in total. The highest BCUT2D eigenvalue weighted by atomic mass is 79.9. The van der Waals surface area contributed by atoms with Gasteiger partial charge in [0.2, 0.25) is 5.91 Å². The Morgan fingerprint density at radius 3 is 2.47 bits per heavy atom. The molecule has 4 heteroatoms. The highest BCUT2D eigenvalue weighted by Crippen LogP contribution is 2.19. The highest BCUT2D eigenvalue weighted by Gasteiger charge is 2.14. The molecule has 0 aliphatic heterocycles. The van der Waals surface area contributed by atoms with Gasteiger partial charge in [-0.05, 0) is 30.5 Å². The Labute approximate surface area is 124 Å². The van der Waals surface area contributed by atoms with Crippen LogP contribution < -0.4 is 11.1 Å². The summed E-state index contributed by atoms with van der Waals surface area (Å²) < 4.78 is 1.04. The van der Waals surface area contributed by atoms with Crippen LogP contribution in [0.1, 0.15) is 51.1 Å². The third-order valence-corrected chi connectivity index (χ3v) is 3.65. The molecule has 1 rings (SSSR count). The maximum absolute atomic E-state index is 11.9. The first kappa shape index (κ1) is 16.2. The van der Waals surface area contributed by atoms with Crippen molar-refractivity contribution in [3.05, 3.63) is 34.3 Å². The van der Waals surface area contributed by atoms with Crippen LogP contribution in [0.2, 0.25) is 0 Å². The van der Waals surface area contributed by atoms with Crippen LogP contribution in [0.15, 0.2) is 28.7 Å². The molecule has 0 aliphatic rings. The first-order valence-corrected chi connectivity index (χ1v) is 7.66. The van der Waals surface area contributed by atoms with Crippen molar-refractivity contribution in [3.8, 4) is 0 Å². The van der Waals surface area contributed by atoms with Crippen LogP contribution in [-0.2, 0) is 4.79 Å². The number of hydrogen-bond donors (Lipinski definition) is 2. The molecule has 1 aromatic rings. The van der Waals surface area contributed by atoms with Gasteiger partial charge in [-0.3, -0.25) is 4.79 Å². The molecule has 0 bridgehead atoms. The van der Waals surface area contributed by atoms with Gasteiger partial charge in [0.15, 0.2) is 0 Å². The van der Waals surface area contributed by atoms with Gasteiger partial charge in [0.1, 0.15) is 0 Å². The minimum Gasteiger partial charge on any atom is -0.349 e. The molecule has 1 amide bonds. The number of carbonyl (C=O) groups excluding carboxylic acids is 1. The van der Waals surface area contributed by atoms with E-state index in [2.05, 4.69) is 35.1 Å². The van der Waals surface area contributed by atoms with Gasteiger partial charge in [0, 0.05) is 16.9 Å². The topological polar surface area (TPSA) is 55.1 Å². The van der Waals surface area contributed by atoms with E-state index in [9.17, 15) is 4.79 Å². The maximum Gasteiger partial charge on any atom is 0.222 e. The average Bonchev–Trinajstić information content (AvgIpc) is 2.37. The maximum atomic E-state index is 11.9. The van der Waals surface area contributed by atoms with E-state index in [0.29, 0.717) is 6.42 Å². The summed E-state index contributed by atoms with van der Waals surface area (Å²) in [5.74, 6) is 0.0377. The van der Waals surface area contributed by atoms with Crippen molar-refractivity contribution >= 4 is 21.8 Å². The first-order valence-electron chi connectivity index (χ1n) is 6.87. The van der Waals surface area contributed by atoms with Crippen molar-refractivity contribution in [2.45, 2.75) is 51.6 Å². The Kier molecular flexibility index (Phi) is 7.10. The summed E-state index contributed by atoms with van der Waals surface area (Å²) in [4.78, 5) is 11.9. The zero-order valence-corrected chi connectivity index (χ0v) is 13.2. The Morgan fingerprint density at radius 1 is 1.32 bits per heavy atom. The Hall–Kier alpha value is -0.870. The van der Waals surface area contributed by atoms with E-state index in [1.165, 1.54) is 0 Å². The van der Waals surface area contributed by atoms with Crippen molar-refractivity contribution in [2.24, 2.45) is 5.73 Å². The molecule has 0 spiro atoms. The average molecular weight is 327 g/mol. The lowest BCUT2D eigenvalue weighted by molar-refractivity contribution is -0.122. The van der Waals surface area contributed by atoms with Gasteiger partial charge in [0.25, 0.3) is 0 Å². The zero-order valence-electron chi connectivity index (χ0n) is 11.7. The molecule has 1 aromatic carbocycles. The van der Waals surface area contributed by atoms with Crippen LogP contribution in [0.25, 0.3) is 0 Å². The zero-order chi connectivity index (χ0) is 14.3. The highest BCUT2D eigenvalue weighted by molar-refractivity contribution is 9.10. The number of nitrogens with two attached hydrogens (primary N) is 1. The van der Waals surface area contributed by atoms with Crippen LogP contribution in [-0.4, -0.2) is 11.9 Å². The second-order valence-electron chi connectivity index (χ2n) is 4.83. The van der Waals surface area contributed by atoms with Crippen molar-refractivity contribution in [1.29, 1.82) is 0 Å². The van der Waals surface area contributed by atoms with E-state index in [4.69, 9.17) is 5.73 Å². The third kappa shape index (κ3) is 5.74. The van der Waals surface area contributed by atoms with E-state index in [1.54, 1.807) is 0 Å². The molecule has 3 nitrogen and oxygen atoms in total. The molecule has 0 aromatic heterocycles. The SMILES string of the molecule is CCCC(N)CC(=O)NC(CC)c1ccc(Br)cc1. The monoisotopic (exact) mass is 326 g/mol. The molecule has 106 valence electrons. The minimum absolute atomic E-state index is 0.0348. The molecule has 0 saturated heterocycles. The van der Waals surface area contributed by atoms with E-state index in [-0.39, 0.29) is 18.0 Å². The van der Waals surface area contributed by atoms with E-state index < -0.39 is 0 Å². The summed E-state index contributed by atoms with van der Waals surface area (Å²) in [6, 6.07) is 8.08. The smallest absolute Gasteiger partial charge is 0.222 e. The Bertz CT molecular complexity index is 392. The van der Waals surface area contributed by atoms with Gasteiger partial charge < -0.3 is 11.1 Å². The van der Waals surface area contributed by atoms with Crippen LogP contribution in [0.5, 0.6) is 0 Å². The standard InChI is InChI=1S/C15H23BrN2O/c1-3-5-13(17)10-15(19)18-14(4-2)11-6-8-12(16)9-7-11/h6-9,13-14H,3-5,10,17H2,1-2H3,(H,18,19). The summed E-state index contributed by atoms with van der Waals surface area (Å²) in [6.07, 6.45) is 3.18. The Balaban J connectivity index is 2.56. The molecule has 2 unspecified atom stereocenters. The van der Waals surface area contributed by atoms with Gasteiger partial charge in [-0.1, -0.05) is 48.3 Å². The van der Waals surface area contributed by atoms with Gasteiger partial charge in [-0.15, -0.1) is 0 Å². The molecule has 0 saturated carbocycles. The summed E-state index contributed by atoms with van der Waals surface area (Å²) in [5, 5.41) is 3.06. The minimum atomic E-state index is -0.0348. The van der Waals surface area contributed by atoms with Crippen LogP contribution in [0, 0.1) is 0 Å². The lowest BCUT2D eigenvalue weighted by Gasteiger charge is -2.19. The fourth-order valence-corrected chi connectivity index (χ4v) is 2.34. The van der Waals surface area contributed by atoms with E-state index in [1.807, 2.05) is 24.3 Å². The van der Waals surface area contributed by atoms with Crippen LogP contribution in [0.4, 0.5) is 0 Å². The number of hydrogen-bond acceptors (Lipinski definition) is 2. The molecule has 19 heavy (non-hydrogen) atoms. The number of nitrogens with one attached hydrogen (secondary N) is 1. The number of rotatable bonds is 7. The number of amides is 1.